The van der Waals surface area contributed by atoms with Gasteiger partial charge in [0.25, 0.3) is 0 Å². The highest BCUT2D eigenvalue weighted by atomic mass is 35.5. The van der Waals surface area contributed by atoms with Crippen molar-refractivity contribution >= 4 is 46.1 Å². The minimum Gasteiger partial charge on any atom is -0.469 e. The Balaban J connectivity index is 1.47. The van der Waals surface area contributed by atoms with Gasteiger partial charge in [-0.25, -0.2) is 19.3 Å². The number of rotatable bonds is 5. The second-order valence-electron chi connectivity index (χ2n) is 7.12. The number of nitrogens with one attached hydrogen (secondary N) is 2. The zero-order valence-electron chi connectivity index (χ0n) is 16.2. The molecule has 0 amide bonds. The van der Waals surface area contributed by atoms with Crippen LogP contribution in [-0.2, 0) is 9.53 Å². The van der Waals surface area contributed by atoms with Crippen LogP contribution in [0.15, 0.2) is 30.7 Å². The van der Waals surface area contributed by atoms with Crippen LogP contribution in [0.5, 0.6) is 0 Å². The van der Waals surface area contributed by atoms with E-state index < -0.39 is 5.82 Å². The van der Waals surface area contributed by atoms with Gasteiger partial charge in [0.05, 0.1) is 23.4 Å². The van der Waals surface area contributed by atoms with E-state index in [0.29, 0.717) is 28.5 Å². The average molecular weight is 431 g/mol. The van der Waals surface area contributed by atoms with Crippen molar-refractivity contribution in [1.29, 1.82) is 0 Å². The van der Waals surface area contributed by atoms with Crippen LogP contribution in [0.1, 0.15) is 25.7 Å². The Hall–Kier alpha value is -3.07. The van der Waals surface area contributed by atoms with Crippen LogP contribution in [0.4, 0.5) is 21.8 Å². The highest BCUT2D eigenvalue weighted by Crippen LogP contribution is 2.28. The summed E-state index contributed by atoms with van der Waals surface area (Å²) in [7, 11) is 1.42. The van der Waals surface area contributed by atoms with Crippen molar-refractivity contribution in [1.82, 2.24) is 19.9 Å². The molecule has 3 aromatic rings. The molecule has 0 bridgehead atoms. The minimum atomic E-state index is -0.491. The van der Waals surface area contributed by atoms with Gasteiger partial charge >= 0.3 is 5.97 Å². The normalized spacial score (nSPS) is 18.8. The lowest BCUT2D eigenvalue weighted by atomic mass is 9.86. The van der Waals surface area contributed by atoms with Gasteiger partial charge in [-0.15, -0.1) is 0 Å². The molecule has 2 heterocycles. The molecule has 0 unspecified atom stereocenters. The summed E-state index contributed by atoms with van der Waals surface area (Å²) in [5, 5.41) is 7.05. The molecular formula is C20H20ClFN6O2. The first-order chi connectivity index (χ1) is 14.5. The van der Waals surface area contributed by atoms with Crippen LogP contribution in [0.2, 0.25) is 5.02 Å². The third-order valence-electron chi connectivity index (χ3n) is 5.17. The summed E-state index contributed by atoms with van der Waals surface area (Å²) in [6.45, 7) is 0. The lowest BCUT2D eigenvalue weighted by molar-refractivity contribution is -0.146. The number of benzene rings is 1. The van der Waals surface area contributed by atoms with E-state index in [9.17, 15) is 9.18 Å². The Morgan fingerprint density at radius 2 is 2.00 bits per heavy atom. The first kappa shape index (κ1) is 20.2. The summed E-state index contributed by atoms with van der Waals surface area (Å²) in [5.74, 6) is 0.294. The SMILES string of the molecule is COC(=O)[C@H]1CC[C@H](Nc2ncc3c(Nc4ccc(F)c(Cl)c4)ncnc3n2)CC1. The number of hydrogen-bond donors (Lipinski definition) is 2. The van der Waals surface area contributed by atoms with Crippen LogP contribution in [0.25, 0.3) is 11.0 Å². The smallest absolute Gasteiger partial charge is 0.308 e. The second-order valence-corrected chi connectivity index (χ2v) is 7.53. The van der Waals surface area contributed by atoms with Crippen molar-refractivity contribution < 1.29 is 13.9 Å². The quantitative estimate of drug-likeness (QED) is 0.583. The van der Waals surface area contributed by atoms with Gasteiger partial charge in [0.2, 0.25) is 5.95 Å². The average Bonchev–Trinajstić information content (AvgIpc) is 2.76. The third kappa shape index (κ3) is 4.40. The Kier molecular flexibility index (Phi) is 5.89. The summed E-state index contributed by atoms with van der Waals surface area (Å²) in [6, 6.07) is 4.51. The number of esters is 1. The second kappa shape index (κ2) is 8.74. The van der Waals surface area contributed by atoms with E-state index in [1.165, 1.54) is 25.6 Å². The molecule has 1 aromatic carbocycles. The predicted octanol–water partition coefficient (Wildman–Crippen LogP) is 4.10. The summed E-state index contributed by atoms with van der Waals surface area (Å²) in [6.07, 6.45) is 6.25. The van der Waals surface area contributed by atoms with Crippen molar-refractivity contribution in [2.75, 3.05) is 17.7 Å². The molecular weight excluding hydrogens is 411 g/mol. The van der Waals surface area contributed by atoms with Gasteiger partial charge in [-0.2, -0.15) is 4.98 Å². The molecule has 1 aliphatic rings. The molecule has 4 rings (SSSR count). The maximum absolute atomic E-state index is 13.4. The predicted molar refractivity (Wildman–Crippen MR) is 111 cm³/mol. The van der Waals surface area contributed by atoms with Crippen LogP contribution < -0.4 is 10.6 Å². The van der Waals surface area contributed by atoms with E-state index in [1.54, 1.807) is 12.3 Å². The van der Waals surface area contributed by atoms with E-state index in [2.05, 4.69) is 30.6 Å². The van der Waals surface area contributed by atoms with E-state index in [0.717, 1.165) is 25.7 Å². The Labute approximate surface area is 177 Å². The number of carbonyl (C=O) groups excluding carboxylic acids is 1. The Bertz CT molecular complexity index is 1070. The van der Waals surface area contributed by atoms with Gasteiger partial charge in [-0.1, -0.05) is 11.6 Å². The number of methoxy groups -OCH3 is 1. The fourth-order valence-electron chi connectivity index (χ4n) is 3.55. The Morgan fingerprint density at radius 1 is 1.20 bits per heavy atom. The highest BCUT2D eigenvalue weighted by molar-refractivity contribution is 6.31. The van der Waals surface area contributed by atoms with E-state index >= 15 is 0 Å². The molecule has 0 aliphatic heterocycles. The molecule has 10 heteroatoms. The highest BCUT2D eigenvalue weighted by Gasteiger charge is 2.27. The number of hydrogen-bond acceptors (Lipinski definition) is 8. The number of fused-ring (bicyclic) bond motifs is 1. The molecule has 1 aliphatic carbocycles. The molecule has 156 valence electrons. The summed E-state index contributed by atoms with van der Waals surface area (Å²) < 4.78 is 18.2. The first-order valence-corrected chi connectivity index (χ1v) is 9.95. The number of aromatic nitrogens is 4. The van der Waals surface area contributed by atoms with Crippen LogP contribution in [0, 0.1) is 11.7 Å². The molecule has 30 heavy (non-hydrogen) atoms. The number of carbonyl (C=O) groups is 1. The van der Waals surface area contributed by atoms with Gasteiger partial charge in [-0.05, 0) is 43.9 Å². The summed E-state index contributed by atoms with van der Waals surface area (Å²) in [4.78, 5) is 29.0. The molecule has 2 aromatic heterocycles. The molecule has 0 radical (unpaired) electrons. The first-order valence-electron chi connectivity index (χ1n) is 9.57. The molecule has 0 saturated heterocycles. The third-order valence-corrected chi connectivity index (χ3v) is 5.46. The zero-order valence-corrected chi connectivity index (χ0v) is 17.0. The fraction of sp³-hybridized carbons (Fsp3) is 0.350. The van der Waals surface area contributed by atoms with Crippen LogP contribution in [0.3, 0.4) is 0 Å². The summed E-state index contributed by atoms with van der Waals surface area (Å²) >= 11 is 5.84. The number of nitrogens with zero attached hydrogens (tertiary/aromatic N) is 4. The van der Waals surface area contributed by atoms with E-state index in [-0.39, 0.29) is 23.0 Å². The maximum Gasteiger partial charge on any atom is 0.308 e. The standard InChI is InChI=1S/C20H20ClFN6O2/c1-30-19(29)11-2-4-12(5-3-11)27-20-23-9-14-17(24-10-25-18(14)28-20)26-13-6-7-16(22)15(21)8-13/h6-12H,2-5H2,1H3,(H2,23,24,25,26,27,28)/t11-,12-. The van der Waals surface area contributed by atoms with Gasteiger partial charge < -0.3 is 15.4 Å². The number of anilines is 3. The molecule has 2 N–H and O–H groups in total. The molecule has 1 saturated carbocycles. The van der Waals surface area contributed by atoms with Crippen LogP contribution in [-0.4, -0.2) is 39.1 Å². The molecule has 8 nitrogen and oxygen atoms in total. The number of ether oxygens (including phenoxy) is 1. The fourth-order valence-corrected chi connectivity index (χ4v) is 3.73. The van der Waals surface area contributed by atoms with Crippen molar-refractivity contribution in [2.45, 2.75) is 31.7 Å². The van der Waals surface area contributed by atoms with Gasteiger partial charge in [-0.3, -0.25) is 4.79 Å². The molecule has 1 fully saturated rings. The van der Waals surface area contributed by atoms with E-state index in [1.807, 2.05) is 0 Å². The van der Waals surface area contributed by atoms with Gasteiger partial charge in [0.1, 0.15) is 18.0 Å². The summed E-state index contributed by atoms with van der Waals surface area (Å²) in [5.41, 5.74) is 1.06. The monoisotopic (exact) mass is 430 g/mol. The lowest BCUT2D eigenvalue weighted by Crippen LogP contribution is -2.30. The largest absolute Gasteiger partial charge is 0.469 e. The topological polar surface area (TPSA) is 102 Å². The Morgan fingerprint density at radius 3 is 2.73 bits per heavy atom. The van der Waals surface area contributed by atoms with Crippen molar-refractivity contribution in [2.24, 2.45) is 5.92 Å². The van der Waals surface area contributed by atoms with Gasteiger partial charge in [0, 0.05) is 17.9 Å². The van der Waals surface area contributed by atoms with Crippen LogP contribution >= 0.6 is 11.6 Å². The van der Waals surface area contributed by atoms with Crippen molar-refractivity contribution in [3.8, 4) is 0 Å². The lowest BCUT2D eigenvalue weighted by Gasteiger charge is -2.27. The molecule has 0 atom stereocenters. The number of halogens is 2. The van der Waals surface area contributed by atoms with Crippen molar-refractivity contribution in [3.05, 3.63) is 41.6 Å². The zero-order chi connectivity index (χ0) is 21.1. The van der Waals surface area contributed by atoms with Crippen molar-refractivity contribution in [3.63, 3.8) is 0 Å². The van der Waals surface area contributed by atoms with E-state index in [4.69, 9.17) is 16.3 Å². The maximum atomic E-state index is 13.4. The minimum absolute atomic E-state index is 0.0167. The van der Waals surface area contributed by atoms with Gasteiger partial charge in [0.15, 0.2) is 5.65 Å². The molecule has 0 spiro atoms.